The van der Waals surface area contributed by atoms with E-state index < -0.39 is 0 Å². The SMILES string of the molecule is COc1cc(C)cc(C)c1-c1cccc2c(N)c(OC)nn12. The van der Waals surface area contributed by atoms with Gasteiger partial charge in [0.15, 0.2) is 0 Å². The summed E-state index contributed by atoms with van der Waals surface area (Å²) in [7, 11) is 3.24. The summed E-state index contributed by atoms with van der Waals surface area (Å²) >= 11 is 0. The van der Waals surface area contributed by atoms with E-state index >= 15 is 0 Å². The van der Waals surface area contributed by atoms with Gasteiger partial charge in [0.05, 0.1) is 25.4 Å². The van der Waals surface area contributed by atoms with Gasteiger partial charge in [-0.2, -0.15) is 0 Å². The number of nitrogen functional groups attached to an aromatic ring is 1. The number of ether oxygens (including phenoxy) is 2. The molecular weight excluding hydrogens is 278 g/mol. The smallest absolute Gasteiger partial charge is 0.257 e. The summed E-state index contributed by atoms with van der Waals surface area (Å²) in [6.45, 7) is 4.11. The van der Waals surface area contributed by atoms with Crippen LogP contribution in [0.15, 0.2) is 30.3 Å². The zero-order chi connectivity index (χ0) is 15.9. The molecular formula is C17H19N3O2. The molecule has 2 N–H and O–H groups in total. The molecule has 5 nitrogen and oxygen atoms in total. The van der Waals surface area contributed by atoms with E-state index in [4.69, 9.17) is 15.2 Å². The summed E-state index contributed by atoms with van der Waals surface area (Å²) in [5, 5.41) is 4.46. The molecule has 0 saturated heterocycles. The summed E-state index contributed by atoms with van der Waals surface area (Å²) in [6, 6.07) is 10.0. The van der Waals surface area contributed by atoms with Crippen molar-refractivity contribution >= 4 is 11.2 Å². The van der Waals surface area contributed by atoms with E-state index in [0.717, 1.165) is 33.7 Å². The molecule has 3 rings (SSSR count). The maximum Gasteiger partial charge on any atom is 0.257 e. The van der Waals surface area contributed by atoms with Crippen molar-refractivity contribution in [3.05, 3.63) is 41.5 Å². The van der Waals surface area contributed by atoms with Gasteiger partial charge in [-0.3, -0.25) is 0 Å². The van der Waals surface area contributed by atoms with Crippen molar-refractivity contribution in [2.45, 2.75) is 13.8 Å². The average Bonchev–Trinajstić information content (AvgIpc) is 2.83. The number of methoxy groups -OCH3 is 2. The van der Waals surface area contributed by atoms with Crippen molar-refractivity contribution in [2.24, 2.45) is 0 Å². The van der Waals surface area contributed by atoms with Crippen LogP contribution in [0.25, 0.3) is 16.8 Å². The largest absolute Gasteiger partial charge is 0.496 e. The van der Waals surface area contributed by atoms with Crippen molar-refractivity contribution in [1.82, 2.24) is 9.61 Å². The predicted octanol–water partition coefficient (Wildman–Crippen LogP) is 3.22. The number of rotatable bonds is 3. The van der Waals surface area contributed by atoms with Gasteiger partial charge >= 0.3 is 0 Å². The highest BCUT2D eigenvalue weighted by Crippen LogP contribution is 2.36. The van der Waals surface area contributed by atoms with Gasteiger partial charge in [0, 0.05) is 5.56 Å². The third-order valence-electron chi connectivity index (χ3n) is 3.77. The van der Waals surface area contributed by atoms with E-state index in [9.17, 15) is 0 Å². The Morgan fingerprint density at radius 3 is 2.55 bits per heavy atom. The lowest BCUT2D eigenvalue weighted by Gasteiger charge is -2.14. The quantitative estimate of drug-likeness (QED) is 0.806. The second-order valence-electron chi connectivity index (χ2n) is 5.29. The maximum absolute atomic E-state index is 6.09. The van der Waals surface area contributed by atoms with Gasteiger partial charge in [-0.15, -0.1) is 5.10 Å². The number of aryl methyl sites for hydroxylation is 2. The lowest BCUT2D eigenvalue weighted by Crippen LogP contribution is -1.99. The van der Waals surface area contributed by atoms with Crippen LogP contribution in [0.3, 0.4) is 0 Å². The number of anilines is 1. The lowest BCUT2D eigenvalue weighted by molar-refractivity contribution is 0.397. The Balaban J connectivity index is 2.36. The van der Waals surface area contributed by atoms with E-state index in [1.54, 1.807) is 18.7 Å². The number of fused-ring (bicyclic) bond motifs is 1. The van der Waals surface area contributed by atoms with Crippen LogP contribution in [0.5, 0.6) is 11.6 Å². The first-order valence-electron chi connectivity index (χ1n) is 7.03. The molecule has 0 saturated carbocycles. The molecule has 0 atom stereocenters. The third kappa shape index (κ3) is 2.06. The molecule has 0 radical (unpaired) electrons. The summed E-state index contributed by atoms with van der Waals surface area (Å²) in [4.78, 5) is 0. The van der Waals surface area contributed by atoms with Gasteiger partial charge in [0.25, 0.3) is 5.88 Å². The molecule has 0 fully saturated rings. The van der Waals surface area contributed by atoms with Gasteiger partial charge in [-0.25, -0.2) is 4.52 Å². The Kier molecular flexibility index (Phi) is 3.41. The van der Waals surface area contributed by atoms with Crippen molar-refractivity contribution < 1.29 is 9.47 Å². The van der Waals surface area contributed by atoms with E-state index in [2.05, 4.69) is 25.0 Å². The standard InChI is InChI=1S/C17H19N3O2/c1-10-8-11(2)15(14(9-10)21-3)12-6-5-7-13-16(18)17(22-4)19-20(12)13/h5-9H,18H2,1-4H3. The highest BCUT2D eigenvalue weighted by atomic mass is 16.5. The minimum absolute atomic E-state index is 0.427. The number of aromatic nitrogens is 2. The summed E-state index contributed by atoms with van der Waals surface area (Å²) in [5.74, 6) is 1.24. The number of nitrogens with two attached hydrogens (primary N) is 1. The van der Waals surface area contributed by atoms with Crippen molar-refractivity contribution in [3.63, 3.8) is 0 Å². The van der Waals surface area contributed by atoms with Crippen LogP contribution in [-0.2, 0) is 0 Å². The highest BCUT2D eigenvalue weighted by Gasteiger charge is 2.17. The third-order valence-corrected chi connectivity index (χ3v) is 3.77. The molecule has 0 aliphatic rings. The van der Waals surface area contributed by atoms with E-state index in [1.807, 2.05) is 24.3 Å². The molecule has 0 aliphatic heterocycles. The van der Waals surface area contributed by atoms with Crippen molar-refractivity contribution in [1.29, 1.82) is 0 Å². The first kappa shape index (κ1) is 14.3. The van der Waals surface area contributed by atoms with Crippen LogP contribution in [-0.4, -0.2) is 23.8 Å². The Labute approximate surface area is 129 Å². The molecule has 0 unspecified atom stereocenters. The van der Waals surface area contributed by atoms with Crippen molar-refractivity contribution in [2.75, 3.05) is 20.0 Å². The summed E-state index contributed by atoms with van der Waals surface area (Å²) in [5.41, 5.74) is 11.6. The van der Waals surface area contributed by atoms with Crippen LogP contribution in [0.1, 0.15) is 11.1 Å². The first-order chi connectivity index (χ1) is 10.6. The number of nitrogens with zero attached hydrogens (tertiary/aromatic N) is 2. The van der Waals surface area contributed by atoms with Crippen LogP contribution >= 0.6 is 0 Å². The Morgan fingerprint density at radius 2 is 1.86 bits per heavy atom. The van der Waals surface area contributed by atoms with Crippen LogP contribution < -0.4 is 15.2 Å². The summed E-state index contributed by atoms with van der Waals surface area (Å²) < 4.78 is 12.6. The highest BCUT2D eigenvalue weighted by molar-refractivity contribution is 5.80. The van der Waals surface area contributed by atoms with Gasteiger partial charge in [-0.1, -0.05) is 12.1 Å². The Morgan fingerprint density at radius 1 is 1.09 bits per heavy atom. The zero-order valence-electron chi connectivity index (χ0n) is 13.2. The molecule has 0 spiro atoms. The zero-order valence-corrected chi connectivity index (χ0v) is 13.2. The predicted molar refractivity (Wildman–Crippen MR) is 87.6 cm³/mol. The molecule has 114 valence electrons. The average molecular weight is 297 g/mol. The molecule has 2 heterocycles. The minimum Gasteiger partial charge on any atom is -0.496 e. The van der Waals surface area contributed by atoms with E-state index in [-0.39, 0.29) is 0 Å². The molecule has 0 amide bonds. The van der Waals surface area contributed by atoms with Gasteiger partial charge in [-0.05, 0) is 43.2 Å². The molecule has 1 aromatic carbocycles. The Hall–Kier alpha value is -2.69. The number of hydrogen-bond donors (Lipinski definition) is 1. The van der Waals surface area contributed by atoms with Crippen LogP contribution in [0.4, 0.5) is 5.69 Å². The normalized spacial score (nSPS) is 10.9. The molecule has 5 heteroatoms. The Bertz CT molecular complexity index is 853. The van der Waals surface area contributed by atoms with E-state index in [0.29, 0.717) is 11.6 Å². The molecule has 2 aromatic heterocycles. The molecule has 22 heavy (non-hydrogen) atoms. The maximum atomic E-state index is 6.09. The van der Waals surface area contributed by atoms with E-state index in [1.165, 1.54) is 0 Å². The van der Waals surface area contributed by atoms with Gasteiger partial charge < -0.3 is 15.2 Å². The molecule has 3 aromatic rings. The number of benzene rings is 1. The molecule has 0 aliphatic carbocycles. The summed E-state index contributed by atoms with van der Waals surface area (Å²) in [6.07, 6.45) is 0. The van der Waals surface area contributed by atoms with Crippen LogP contribution in [0.2, 0.25) is 0 Å². The lowest BCUT2D eigenvalue weighted by atomic mass is 10.0. The minimum atomic E-state index is 0.427. The second-order valence-corrected chi connectivity index (χ2v) is 5.29. The van der Waals surface area contributed by atoms with Gasteiger partial charge in [0.1, 0.15) is 11.4 Å². The number of pyridine rings is 1. The van der Waals surface area contributed by atoms with Crippen LogP contribution in [0, 0.1) is 13.8 Å². The van der Waals surface area contributed by atoms with Gasteiger partial charge in [0.2, 0.25) is 0 Å². The fourth-order valence-corrected chi connectivity index (χ4v) is 2.83. The number of hydrogen-bond acceptors (Lipinski definition) is 4. The fourth-order valence-electron chi connectivity index (χ4n) is 2.83. The first-order valence-corrected chi connectivity index (χ1v) is 7.03. The monoisotopic (exact) mass is 297 g/mol. The second kappa shape index (κ2) is 5.26. The molecule has 0 bridgehead atoms. The van der Waals surface area contributed by atoms with Crippen molar-refractivity contribution in [3.8, 4) is 22.9 Å². The topological polar surface area (TPSA) is 61.8 Å². The fraction of sp³-hybridized carbons (Fsp3) is 0.235.